The van der Waals surface area contributed by atoms with Crippen molar-refractivity contribution in [3.8, 4) is 0 Å². The molecule has 0 atom stereocenters. The molecule has 0 radical (unpaired) electrons. The van der Waals surface area contributed by atoms with Gasteiger partial charge in [0.1, 0.15) is 0 Å². The summed E-state index contributed by atoms with van der Waals surface area (Å²) in [5.74, 6) is -0.218. The topological polar surface area (TPSA) is 49.4 Å². The molecule has 0 spiro atoms. The van der Waals surface area contributed by atoms with E-state index in [4.69, 9.17) is 0 Å². The molecule has 1 aromatic rings. The molecule has 1 aromatic carbocycles. The summed E-state index contributed by atoms with van der Waals surface area (Å²) < 4.78 is 0. The Morgan fingerprint density at radius 2 is 1.88 bits per heavy atom. The molecule has 0 bridgehead atoms. The van der Waals surface area contributed by atoms with Crippen LogP contribution in [0.25, 0.3) is 0 Å². The molecule has 0 heterocycles. The quantitative estimate of drug-likeness (QED) is 0.824. The molecule has 0 saturated heterocycles. The van der Waals surface area contributed by atoms with Gasteiger partial charge in [-0.15, -0.1) is 0 Å². The van der Waals surface area contributed by atoms with E-state index in [0.717, 1.165) is 5.56 Å². The molecule has 0 unspecified atom stereocenters. The molecule has 0 fully saturated rings. The molecular weight excluding hydrogens is 204 g/mol. The van der Waals surface area contributed by atoms with Crippen LogP contribution in [-0.2, 0) is 4.79 Å². The minimum atomic E-state index is -0.141. The fourth-order valence-electron chi connectivity index (χ4n) is 1.34. The van der Waals surface area contributed by atoms with Gasteiger partial charge in [0.25, 0.3) is 5.91 Å². The maximum atomic E-state index is 11.7. The molecule has 1 N–H and O–H groups in total. The first kappa shape index (κ1) is 12.2. The van der Waals surface area contributed by atoms with E-state index in [1.165, 1.54) is 11.8 Å². The Bertz CT molecular complexity index is 425. The summed E-state index contributed by atoms with van der Waals surface area (Å²) in [6, 6.07) is 5.27. The number of anilines is 1. The molecule has 0 saturated carbocycles. The van der Waals surface area contributed by atoms with Gasteiger partial charge in [0.05, 0.1) is 0 Å². The third-order valence-corrected chi connectivity index (χ3v) is 2.20. The summed E-state index contributed by atoms with van der Waals surface area (Å²) in [6.45, 7) is 3.33. The number of benzene rings is 1. The molecule has 0 aromatic heterocycles. The van der Waals surface area contributed by atoms with Gasteiger partial charge in [-0.2, -0.15) is 0 Å². The second kappa shape index (κ2) is 4.79. The number of amides is 2. The number of hydrogen-bond donors (Lipinski definition) is 1. The van der Waals surface area contributed by atoms with E-state index in [9.17, 15) is 9.59 Å². The Kier molecular flexibility index (Phi) is 3.66. The second-order valence-corrected chi connectivity index (χ2v) is 3.91. The molecule has 0 aliphatic rings. The van der Waals surface area contributed by atoms with Crippen LogP contribution in [0.2, 0.25) is 0 Å². The van der Waals surface area contributed by atoms with E-state index >= 15 is 0 Å². The predicted octanol–water partition coefficient (Wildman–Crippen LogP) is 1.66. The number of nitrogens with one attached hydrogen (secondary N) is 1. The maximum Gasteiger partial charge on any atom is 0.253 e. The highest BCUT2D eigenvalue weighted by Crippen LogP contribution is 2.17. The number of carbonyl (C=O) groups excluding carboxylic acids is 2. The van der Waals surface area contributed by atoms with Crippen LogP contribution in [0, 0.1) is 6.92 Å². The Hall–Kier alpha value is -1.84. The lowest BCUT2D eigenvalue weighted by molar-refractivity contribution is -0.114. The Morgan fingerprint density at radius 1 is 1.25 bits per heavy atom. The largest absolute Gasteiger partial charge is 0.345 e. The SMILES string of the molecule is CC(=O)Nc1cc(C(=O)N(C)C)ccc1C. The highest BCUT2D eigenvalue weighted by molar-refractivity contribution is 5.97. The van der Waals surface area contributed by atoms with Crippen molar-refractivity contribution in [3.63, 3.8) is 0 Å². The smallest absolute Gasteiger partial charge is 0.253 e. The van der Waals surface area contributed by atoms with E-state index < -0.39 is 0 Å². The van der Waals surface area contributed by atoms with E-state index in [2.05, 4.69) is 5.32 Å². The lowest BCUT2D eigenvalue weighted by atomic mass is 10.1. The fourth-order valence-corrected chi connectivity index (χ4v) is 1.34. The average Bonchev–Trinajstić information content (AvgIpc) is 2.19. The summed E-state index contributed by atoms with van der Waals surface area (Å²) in [5, 5.41) is 2.70. The zero-order valence-electron chi connectivity index (χ0n) is 10.00. The van der Waals surface area contributed by atoms with Gasteiger partial charge >= 0.3 is 0 Å². The van der Waals surface area contributed by atoms with Crippen molar-refractivity contribution in [2.75, 3.05) is 19.4 Å². The third kappa shape index (κ3) is 2.82. The zero-order chi connectivity index (χ0) is 12.3. The van der Waals surface area contributed by atoms with Gasteiger partial charge in [-0.25, -0.2) is 0 Å². The van der Waals surface area contributed by atoms with Crippen LogP contribution in [0.4, 0.5) is 5.69 Å². The number of hydrogen-bond acceptors (Lipinski definition) is 2. The van der Waals surface area contributed by atoms with Crippen molar-refractivity contribution in [1.29, 1.82) is 0 Å². The van der Waals surface area contributed by atoms with Crippen molar-refractivity contribution in [3.05, 3.63) is 29.3 Å². The van der Waals surface area contributed by atoms with E-state index in [-0.39, 0.29) is 11.8 Å². The normalized spacial score (nSPS) is 9.75. The first-order chi connectivity index (χ1) is 7.41. The first-order valence-corrected chi connectivity index (χ1v) is 5.01. The van der Waals surface area contributed by atoms with Gasteiger partial charge in [0.15, 0.2) is 0 Å². The molecular formula is C12H16N2O2. The standard InChI is InChI=1S/C12H16N2O2/c1-8-5-6-10(12(16)14(3)4)7-11(8)13-9(2)15/h5-7H,1-4H3,(H,13,15). The van der Waals surface area contributed by atoms with Crippen molar-refractivity contribution in [1.82, 2.24) is 4.90 Å². The summed E-state index contributed by atoms with van der Waals surface area (Å²) in [5.41, 5.74) is 2.19. The molecule has 86 valence electrons. The Labute approximate surface area is 95.3 Å². The first-order valence-electron chi connectivity index (χ1n) is 5.01. The summed E-state index contributed by atoms with van der Waals surface area (Å²) >= 11 is 0. The summed E-state index contributed by atoms with van der Waals surface area (Å²) in [4.78, 5) is 24.2. The second-order valence-electron chi connectivity index (χ2n) is 3.91. The maximum absolute atomic E-state index is 11.7. The van der Waals surface area contributed by atoms with Crippen LogP contribution in [0.5, 0.6) is 0 Å². The zero-order valence-corrected chi connectivity index (χ0v) is 10.00. The third-order valence-electron chi connectivity index (χ3n) is 2.20. The van der Waals surface area contributed by atoms with Crippen LogP contribution in [0.3, 0.4) is 0 Å². The molecule has 0 aliphatic heterocycles. The van der Waals surface area contributed by atoms with Gasteiger partial charge in [0, 0.05) is 32.3 Å². The average molecular weight is 220 g/mol. The van der Waals surface area contributed by atoms with Crippen LogP contribution >= 0.6 is 0 Å². The van der Waals surface area contributed by atoms with E-state index in [1.807, 2.05) is 13.0 Å². The van der Waals surface area contributed by atoms with Crippen molar-refractivity contribution < 1.29 is 9.59 Å². The summed E-state index contributed by atoms with van der Waals surface area (Å²) in [7, 11) is 3.39. The lowest BCUT2D eigenvalue weighted by Gasteiger charge is -2.12. The lowest BCUT2D eigenvalue weighted by Crippen LogP contribution is -2.22. The molecule has 16 heavy (non-hydrogen) atoms. The molecule has 4 nitrogen and oxygen atoms in total. The van der Waals surface area contributed by atoms with Gasteiger partial charge in [-0.1, -0.05) is 6.07 Å². The van der Waals surface area contributed by atoms with Crippen molar-refractivity contribution in [2.24, 2.45) is 0 Å². The molecule has 2 amide bonds. The Morgan fingerprint density at radius 3 is 2.38 bits per heavy atom. The number of rotatable bonds is 2. The van der Waals surface area contributed by atoms with Crippen LogP contribution < -0.4 is 5.32 Å². The predicted molar refractivity (Wildman–Crippen MR) is 63.5 cm³/mol. The van der Waals surface area contributed by atoms with E-state index in [1.54, 1.807) is 26.2 Å². The van der Waals surface area contributed by atoms with E-state index in [0.29, 0.717) is 11.3 Å². The monoisotopic (exact) mass is 220 g/mol. The molecule has 1 rings (SSSR count). The number of carbonyl (C=O) groups is 2. The van der Waals surface area contributed by atoms with Crippen molar-refractivity contribution >= 4 is 17.5 Å². The van der Waals surface area contributed by atoms with Gasteiger partial charge in [-0.3, -0.25) is 9.59 Å². The van der Waals surface area contributed by atoms with Crippen LogP contribution in [0.15, 0.2) is 18.2 Å². The highest BCUT2D eigenvalue weighted by atomic mass is 16.2. The number of aryl methyl sites for hydroxylation is 1. The highest BCUT2D eigenvalue weighted by Gasteiger charge is 2.10. The Balaban J connectivity index is 3.07. The van der Waals surface area contributed by atoms with Gasteiger partial charge in [-0.05, 0) is 24.6 Å². The minimum absolute atomic E-state index is 0.0772. The molecule has 4 heteroatoms. The molecule has 0 aliphatic carbocycles. The van der Waals surface area contributed by atoms with Gasteiger partial charge in [0.2, 0.25) is 5.91 Å². The van der Waals surface area contributed by atoms with Crippen LogP contribution in [0.1, 0.15) is 22.8 Å². The number of nitrogens with zero attached hydrogens (tertiary/aromatic N) is 1. The van der Waals surface area contributed by atoms with Gasteiger partial charge < -0.3 is 10.2 Å². The fraction of sp³-hybridized carbons (Fsp3) is 0.333. The summed E-state index contributed by atoms with van der Waals surface area (Å²) in [6.07, 6.45) is 0. The van der Waals surface area contributed by atoms with Crippen LogP contribution in [-0.4, -0.2) is 30.8 Å². The minimum Gasteiger partial charge on any atom is -0.345 e. The van der Waals surface area contributed by atoms with Crippen molar-refractivity contribution in [2.45, 2.75) is 13.8 Å².